The van der Waals surface area contributed by atoms with Gasteiger partial charge < -0.3 is 4.74 Å². The third-order valence-electron chi connectivity index (χ3n) is 3.67. The van der Waals surface area contributed by atoms with Gasteiger partial charge in [0.15, 0.2) is 0 Å². The fourth-order valence-electron chi connectivity index (χ4n) is 2.30. The van der Waals surface area contributed by atoms with Crippen LogP contribution in [0.25, 0.3) is 0 Å². The van der Waals surface area contributed by atoms with Crippen molar-refractivity contribution in [2.45, 2.75) is 26.2 Å². The van der Waals surface area contributed by atoms with Gasteiger partial charge in [-0.3, -0.25) is 4.79 Å². The molecule has 0 aromatic heterocycles. The van der Waals surface area contributed by atoms with Crippen LogP contribution in [0.4, 0.5) is 0 Å². The first-order chi connectivity index (χ1) is 11.6. The lowest BCUT2D eigenvalue weighted by Crippen LogP contribution is -2.17. The second-order valence-electron chi connectivity index (χ2n) is 5.49. The van der Waals surface area contributed by atoms with Crippen LogP contribution in [-0.2, 0) is 11.2 Å². The molecule has 0 saturated carbocycles. The minimum atomic E-state index is -0.0745. The third-order valence-corrected chi connectivity index (χ3v) is 4.20. The van der Waals surface area contributed by atoms with Crippen molar-refractivity contribution >= 4 is 28.1 Å². The van der Waals surface area contributed by atoms with Crippen LogP contribution >= 0.6 is 15.9 Å². The number of amides is 1. The summed E-state index contributed by atoms with van der Waals surface area (Å²) in [6.45, 7) is 2.06. The number of hydrazone groups is 1. The van der Waals surface area contributed by atoms with Gasteiger partial charge in [-0.05, 0) is 60.7 Å². The first kappa shape index (κ1) is 18.2. The van der Waals surface area contributed by atoms with Gasteiger partial charge in [-0.15, -0.1) is 0 Å². The molecule has 0 heterocycles. The largest absolute Gasteiger partial charge is 0.497 e. The molecule has 0 aliphatic heterocycles. The van der Waals surface area contributed by atoms with Crippen molar-refractivity contribution < 1.29 is 9.53 Å². The smallest absolute Gasteiger partial charge is 0.240 e. The number of halogens is 1. The highest BCUT2D eigenvalue weighted by molar-refractivity contribution is 9.10. The van der Waals surface area contributed by atoms with E-state index in [9.17, 15) is 4.79 Å². The Balaban J connectivity index is 1.74. The zero-order chi connectivity index (χ0) is 17.4. The highest BCUT2D eigenvalue weighted by Gasteiger charge is 2.03. The van der Waals surface area contributed by atoms with Crippen LogP contribution in [0, 0.1) is 6.92 Å². The Kier molecular flexibility index (Phi) is 7.00. The third kappa shape index (κ3) is 5.81. The van der Waals surface area contributed by atoms with Gasteiger partial charge in [-0.25, -0.2) is 5.43 Å². The molecule has 2 aromatic rings. The van der Waals surface area contributed by atoms with Crippen LogP contribution < -0.4 is 10.2 Å². The standard InChI is InChI=1S/C19H21BrN2O2/c1-14-12-18(24-2)11-8-16(14)4-3-5-19(23)22-21-13-15-6-9-17(20)10-7-15/h6-13H,3-5H2,1-2H3,(H,22,23)/b21-13-. The molecule has 0 fully saturated rings. The lowest BCUT2D eigenvalue weighted by Gasteiger charge is -2.07. The Bertz CT molecular complexity index is 712. The molecule has 1 amide bonds. The van der Waals surface area contributed by atoms with E-state index in [0.29, 0.717) is 6.42 Å². The molecule has 0 saturated heterocycles. The minimum Gasteiger partial charge on any atom is -0.497 e. The Morgan fingerprint density at radius 3 is 2.67 bits per heavy atom. The van der Waals surface area contributed by atoms with E-state index in [1.54, 1.807) is 13.3 Å². The fraction of sp³-hybridized carbons (Fsp3) is 0.263. The maximum atomic E-state index is 11.8. The number of hydrogen-bond acceptors (Lipinski definition) is 3. The zero-order valence-electron chi connectivity index (χ0n) is 13.9. The van der Waals surface area contributed by atoms with Gasteiger partial charge in [0.1, 0.15) is 5.75 Å². The summed E-state index contributed by atoms with van der Waals surface area (Å²) in [7, 11) is 1.66. The summed E-state index contributed by atoms with van der Waals surface area (Å²) in [6.07, 6.45) is 3.73. The number of carbonyl (C=O) groups excluding carboxylic acids is 1. The number of nitrogens with one attached hydrogen (secondary N) is 1. The Morgan fingerprint density at radius 1 is 1.25 bits per heavy atom. The lowest BCUT2D eigenvalue weighted by atomic mass is 10.0. The van der Waals surface area contributed by atoms with E-state index in [-0.39, 0.29) is 5.91 Å². The molecule has 24 heavy (non-hydrogen) atoms. The molecular formula is C19H21BrN2O2. The van der Waals surface area contributed by atoms with Crippen molar-refractivity contribution in [2.24, 2.45) is 5.10 Å². The van der Waals surface area contributed by atoms with E-state index >= 15 is 0 Å². The molecule has 126 valence electrons. The lowest BCUT2D eigenvalue weighted by molar-refractivity contribution is -0.121. The first-order valence-corrected chi connectivity index (χ1v) is 8.59. The Labute approximate surface area is 151 Å². The molecule has 0 atom stereocenters. The summed E-state index contributed by atoms with van der Waals surface area (Å²) in [5, 5.41) is 3.98. The number of hydrogen-bond donors (Lipinski definition) is 1. The molecule has 0 spiro atoms. The van der Waals surface area contributed by atoms with Crippen molar-refractivity contribution in [1.82, 2.24) is 5.43 Å². The van der Waals surface area contributed by atoms with E-state index in [4.69, 9.17) is 4.74 Å². The molecular weight excluding hydrogens is 368 g/mol. The maximum Gasteiger partial charge on any atom is 0.240 e. The van der Waals surface area contributed by atoms with Gasteiger partial charge in [-0.2, -0.15) is 5.10 Å². The quantitative estimate of drug-likeness (QED) is 0.569. The summed E-state index contributed by atoms with van der Waals surface area (Å²) in [4.78, 5) is 11.8. The molecule has 0 aliphatic carbocycles. The van der Waals surface area contributed by atoms with Crippen LogP contribution in [0.1, 0.15) is 29.5 Å². The van der Waals surface area contributed by atoms with Gasteiger partial charge in [0.25, 0.3) is 0 Å². The van der Waals surface area contributed by atoms with E-state index in [1.165, 1.54) is 11.1 Å². The zero-order valence-corrected chi connectivity index (χ0v) is 15.5. The van der Waals surface area contributed by atoms with Crippen LogP contribution in [0.5, 0.6) is 5.75 Å². The minimum absolute atomic E-state index is 0.0745. The molecule has 5 heteroatoms. The molecule has 0 radical (unpaired) electrons. The number of benzene rings is 2. The van der Waals surface area contributed by atoms with Gasteiger partial charge in [0.05, 0.1) is 13.3 Å². The molecule has 2 rings (SSSR count). The van der Waals surface area contributed by atoms with Gasteiger partial charge in [0.2, 0.25) is 5.91 Å². The summed E-state index contributed by atoms with van der Waals surface area (Å²) >= 11 is 3.38. The van der Waals surface area contributed by atoms with E-state index < -0.39 is 0 Å². The number of rotatable bonds is 7. The fourth-order valence-corrected chi connectivity index (χ4v) is 2.56. The molecule has 0 aliphatic rings. The van der Waals surface area contributed by atoms with Crippen molar-refractivity contribution in [3.63, 3.8) is 0 Å². The number of methoxy groups -OCH3 is 1. The molecule has 1 N–H and O–H groups in total. The summed E-state index contributed by atoms with van der Waals surface area (Å²) < 4.78 is 6.21. The van der Waals surface area contributed by atoms with Gasteiger partial charge in [0, 0.05) is 10.9 Å². The highest BCUT2D eigenvalue weighted by atomic mass is 79.9. The van der Waals surface area contributed by atoms with Gasteiger partial charge in [-0.1, -0.05) is 34.1 Å². The first-order valence-electron chi connectivity index (χ1n) is 7.79. The number of carbonyl (C=O) groups is 1. The molecule has 0 unspecified atom stereocenters. The van der Waals surface area contributed by atoms with E-state index in [1.807, 2.05) is 36.4 Å². The summed E-state index contributed by atoms with van der Waals surface area (Å²) in [5.74, 6) is 0.783. The van der Waals surface area contributed by atoms with Crippen molar-refractivity contribution in [1.29, 1.82) is 0 Å². The maximum absolute atomic E-state index is 11.8. The van der Waals surface area contributed by atoms with E-state index in [0.717, 1.165) is 28.6 Å². The predicted molar refractivity (Wildman–Crippen MR) is 101 cm³/mol. The van der Waals surface area contributed by atoms with Gasteiger partial charge >= 0.3 is 0 Å². The number of nitrogens with zero attached hydrogens (tertiary/aromatic N) is 1. The second kappa shape index (κ2) is 9.23. The average Bonchev–Trinajstić information content (AvgIpc) is 2.58. The summed E-state index contributed by atoms with van der Waals surface area (Å²) in [5.41, 5.74) is 5.92. The van der Waals surface area contributed by atoms with E-state index in [2.05, 4.69) is 39.4 Å². The Hall–Kier alpha value is -2.14. The van der Waals surface area contributed by atoms with Crippen LogP contribution in [0.15, 0.2) is 52.0 Å². The number of aryl methyl sites for hydroxylation is 2. The normalized spacial score (nSPS) is 10.8. The van der Waals surface area contributed by atoms with Crippen LogP contribution in [0.3, 0.4) is 0 Å². The molecule has 0 bridgehead atoms. The van der Waals surface area contributed by atoms with Crippen molar-refractivity contribution in [2.75, 3.05) is 7.11 Å². The summed E-state index contributed by atoms with van der Waals surface area (Å²) in [6, 6.07) is 13.7. The second-order valence-corrected chi connectivity index (χ2v) is 6.41. The van der Waals surface area contributed by atoms with Crippen LogP contribution in [0.2, 0.25) is 0 Å². The highest BCUT2D eigenvalue weighted by Crippen LogP contribution is 2.18. The molecule has 2 aromatic carbocycles. The molecule has 4 nitrogen and oxygen atoms in total. The Morgan fingerprint density at radius 2 is 2.00 bits per heavy atom. The topological polar surface area (TPSA) is 50.7 Å². The monoisotopic (exact) mass is 388 g/mol. The van der Waals surface area contributed by atoms with Crippen LogP contribution in [-0.4, -0.2) is 19.2 Å². The number of ether oxygens (including phenoxy) is 1. The average molecular weight is 389 g/mol. The van der Waals surface area contributed by atoms with Crippen molar-refractivity contribution in [3.8, 4) is 5.75 Å². The predicted octanol–water partition coefficient (Wildman–Crippen LogP) is 4.24. The van der Waals surface area contributed by atoms with Crippen molar-refractivity contribution in [3.05, 3.63) is 63.6 Å². The SMILES string of the molecule is COc1ccc(CCCC(=O)N/N=C\c2ccc(Br)cc2)c(C)c1.